The molecule has 0 fully saturated rings. The van der Waals surface area contributed by atoms with Crippen LogP contribution in [0.15, 0.2) is 48.6 Å². The summed E-state index contributed by atoms with van der Waals surface area (Å²) in [7, 11) is 0. The predicted octanol–water partition coefficient (Wildman–Crippen LogP) is 3.36. The molecule has 0 atom stereocenters. The molecule has 0 amide bonds. The van der Waals surface area contributed by atoms with Gasteiger partial charge in [0, 0.05) is 6.42 Å². The quantitative estimate of drug-likeness (QED) is 0.111. The Balaban J connectivity index is 0. The van der Waals surface area contributed by atoms with Gasteiger partial charge in [-0.15, -0.1) is 0 Å². The number of hydrogen-bond donors (Lipinski definition) is 5. The minimum absolute atomic E-state index is 0.300. The Bertz CT molecular complexity index is 519. The van der Waals surface area contributed by atoms with Crippen LogP contribution in [0.1, 0.15) is 71.1 Å². The van der Waals surface area contributed by atoms with Crippen molar-refractivity contribution in [1.29, 1.82) is 0 Å². The highest BCUT2D eigenvalue weighted by Gasteiger charge is 2.11. The lowest BCUT2D eigenvalue weighted by molar-refractivity contribution is -0.153. The first-order valence-electron chi connectivity index (χ1n) is 12.0. The lowest BCUT2D eigenvalue weighted by atomic mass is 10.2. The van der Waals surface area contributed by atoms with E-state index in [0.717, 1.165) is 25.7 Å². The fourth-order valence-electron chi connectivity index (χ4n) is 2.36. The van der Waals surface area contributed by atoms with Crippen molar-refractivity contribution in [2.45, 2.75) is 83.3 Å². The summed E-state index contributed by atoms with van der Waals surface area (Å²) in [5, 5.41) is 41.7. The molecule has 5 N–H and O–H groups in total. The number of hydrogen-bond acceptors (Lipinski definition) is 7. The van der Waals surface area contributed by atoms with Crippen molar-refractivity contribution < 1.29 is 35.1 Å². The number of ether oxygens (including phenoxy) is 1. The summed E-state index contributed by atoms with van der Waals surface area (Å²) < 4.78 is 4.89. The van der Waals surface area contributed by atoms with Gasteiger partial charge in [0.25, 0.3) is 0 Å². The summed E-state index contributed by atoms with van der Waals surface area (Å²) in [5.74, 6) is -0.376. The van der Waals surface area contributed by atoms with Gasteiger partial charge in [0.05, 0.1) is 26.4 Å². The average molecular weight is 471 g/mol. The molecule has 0 spiro atoms. The first-order valence-corrected chi connectivity index (χ1v) is 12.0. The molecule has 0 aromatic rings. The highest BCUT2D eigenvalue weighted by atomic mass is 16.6. The molecule has 0 bridgehead atoms. The third kappa shape index (κ3) is 28.2. The zero-order chi connectivity index (χ0) is 25.0. The summed E-state index contributed by atoms with van der Waals surface area (Å²) in [4.78, 5) is 11.4. The summed E-state index contributed by atoms with van der Waals surface area (Å²) >= 11 is 0. The zero-order valence-corrected chi connectivity index (χ0v) is 20.2. The second-order valence-corrected chi connectivity index (χ2v) is 7.48. The molecule has 0 aliphatic rings. The van der Waals surface area contributed by atoms with Crippen molar-refractivity contribution in [3.63, 3.8) is 0 Å². The van der Waals surface area contributed by atoms with Gasteiger partial charge in [-0.1, -0.05) is 68.4 Å². The molecule has 0 saturated carbocycles. The molecule has 192 valence electrons. The molecule has 0 rings (SSSR count). The predicted molar refractivity (Wildman–Crippen MR) is 133 cm³/mol. The van der Waals surface area contributed by atoms with Crippen molar-refractivity contribution in [2.75, 3.05) is 26.4 Å². The van der Waals surface area contributed by atoms with Gasteiger partial charge in [0.1, 0.15) is 12.2 Å². The normalized spacial score (nSPS) is 12.0. The monoisotopic (exact) mass is 470 g/mol. The van der Waals surface area contributed by atoms with E-state index in [0.29, 0.717) is 12.8 Å². The average Bonchev–Trinajstić information content (AvgIpc) is 2.84. The van der Waals surface area contributed by atoms with E-state index in [1.165, 1.54) is 25.7 Å². The van der Waals surface area contributed by atoms with Crippen LogP contribution in [-0.4, -0.2) is 70.1 Å². The van der Waals surface area contributed by atoms with E-state index in [4.69, 9.17) is 30.3 Å². The summed E-state index contributed by atoms with van der Waals surface area (Å²) in [6.45, 7) is 0.802. The van der Waals surface area contributed by atoms with Crippen LogP contribution < -0.4 is 0 Å². The molecule has 0 aromatic carbocycles. The molecule has 0 heterocycles. The molecule has 0 aliphatic carbocycles. The topological polar surface area (TPSA) is 127 Å². The van der Waals surface area contributed by atoms with Crippen LogP contribution >= 0.6 is 0 Å². The lowest BCUT2D eigenvalue weighted by Gasteiger charge is -2.11. The Labute approximate surface area is 199 Å². The van der Waals surface area contributed by atoms with E-state index in [1.807, 2.05) is 0 Å². The molecule has 0 aliphatic heterocycles. The Kier molecular flexibility index (Phi) is 28.6. The molecule has 7 heteroatoms. The first kappa shape index (κ1) is 33.4. The maximum Gasteiger partial charge on any atom is 0.306 e. The molecule has 0 saturated heterocycles. The minimum Gasteiger partial charge on any atom is -0.457 e. The number of allylic oxidation sites excluding steroid dienone is 8. The number of aliphatic hydroxyl groups is 5. The summed E-state index contributed by atoms with van der Waals surface area (Å²) in [6.07, 6.45) is 25.4. The van der Waals surface area contributed by atoms with Crippen molar-refractivity contribution in [3.8, 4) is 0 Å². The number of unbranched alkanes of at least 4 members (excludes halogenated alkanes) is 4. The van der Waals surface area contributed by atoms with Crippen LogP contribution in [0.25, 0.3) is 0 Å². The van der Waals surface area contributed by atoms with Gasteiger partial charge in [-0.05, 0) is 44.9 Å². The van der Waals surface area contributed by atoms with Crippen molar-refractivity contribution >= 4 is 5.97 Å². The van der Waals surface area contributed by atoms with Crippen LogP contribution in [-0.2, 0) is 9.53 Å². The van der Waals surface area contributed by atoms with E-state index in [9.17, 15) is 4.79 Å². The zero-order valence-electron chi connectivity index (χ0n) is 20.2. The summed E-state index contributed by atoms with van der Waals surface area (Å²) in [6, 6.07) is 0. The fourth-order valence-corrected chi connectivity index (χ4v) is 2.36. The molecular formula is C26H46O7. The van der Waals surface area contributed by atoms with Gasteiger partial charge in [-0.2, -0.15) is 0 Å². The van der Waals surface area contributed by atoms with Gasteiger partial charge in [0.2, 0.25) is 0 Å². The van der Waals surface area contributed by atoms with Crippen LogP contribution in [0.3, 0.4) is 0 Å². The number of carbonyl (C=O) groups is 1. The lowest BCUT2D eigenvalue weighted by Crippen LogP contribution is -2.25. The van der Waals surface area contributed by atoms with Crippen LogP contribution in [0.5, 0.6) is 0 Å². The van der Waals surface area contributed by atoms with Gasteiger partial charge in [-0.25, -0.2) is 0 Å². The number of esters is 1. The number of rotatable bonds is 19. The Morgan fingerprint density at radius 1 is 0.697 bits per heavy atom. The van der Waals surface area contributed by atoms with E-state index < -0.39 is 12.2 Å². The Hall–Kier alpha value is -1.77. The molecule has 7 nitrogen and oxygen atoms in total. The number of aliphatic hydroxyl groups excluding tert-OH is 5. The maximum absolute atomic E-state index is 11.4. The second kappa shape index (κ2) is 28.3. The highest BCUT2D eigenvalue weighted by Crippen LogP contribution is 2.03. The maximum atomic E-state index is 11.4. The fraction of sp³-hybridized carbons (Fsp3) is 0.654. The van der Waals surface area contributed by atoms with Crippen molar-refractivity contribution in [1.82, 2.24) is 0 Å². The van der Waals surface area contributed by atoms with Crippen molar-refractivity contribution in [3.05, 3.63) is 48.6 Å². The van der Waals surface area contributed by atoms with Gasteiger partial charge in [0.15, 0.2) is 0 Å². The van der Waals surface area contributed by atoms with Crippen LogP contribution in [0.4, 0.5) is 0 Å². The number of carbonyl (C=O) groups excluding carboxylic acids is 1. The minimum atomic E-state index is -0.954. The second-order valence-electron chi connectivity index (χ2n) is 7.48. The molecule has 0 radical (unpaired) electrons. The third-order valence-electron chi connectivity index (χ3n) is 4.34. The van der Waals surface area contributed by atoms with Crippen LogP contribution in [0, 0.1) is 0 Å². The van der Waals surface area contributed by atoms with E-state index in [2.05, 4.69) is 55.5 Å². The van der Waals surface area contributed by atoms with Gasteiger partial charge in [-0.3, -0.25) is 4.79 Å². The summed E-state index contributed by atoms with van der Waals surface area (Å²) in [5.41, 5.74) is 0. The van der Waals surface area contributed by atoms with E-state index in [1.54, 1.807) is 0 Å². The first-order chi connectivity index (χ1) is 16.0. The van der Waals surface area contributed by atoms with Gasteiger partial charge >= 0.3 is 5.97 Å². The third-order valence-corrected chi connectivity index (χ3v) is 4.34. The molecular weight excluding hydrogens is 424 g/mol. The standard InChI is InChI=1S/C23H38O4.C3H8O3/c1-2-3-4-5-6-7-8-9-10-11-12-13-14-15-16-17-18-19-23(26)27-22(20-24)21-25;4-1-3(6)2-5/h6-7,9-10,12-13,15-16,22,24-25H,2-5,8,11,14,17-21H2,1H3;3-6H,1-2H2. The van der Waals surface area contributed by atoms with Crippen LogP contribution in [0.2, 0.25) is 0 Å². The molecule has 0 aromatic heterocycles. The molecule has 33 heavy (non-hydrogen) atoms. The SMILES string of the molecule is CCCCCC=CCC=CCC=CCC=CCCCC(=O)OC(CO)CO.OCC(O)CO. The van der Waals surface area contributed by atoms with Gasteiger partial charge < -0.3 is 30.3 Å². The van der Waals surface area contributed by atoms with E-state index >= 15 is 0 Å². The molecule has 0 unspecified atom stereocenters. The highest BCUT2D eigenvalue weighted by molar-refractivity contribution is 5.69. The largest absolute Gasteiger partial charge is 0.457 e. The van der Waals surface area contributed by atoms with E-state index in [-0.39, 0.29) is 32.4 Å². The Morgan fingerprint density at radius 3 is 1.55 bits per heavy atom. The van der Waals surface area contributed by atoms with Crippen molar-refractivity contribution in [2.24, 2.45) is 0 Å². The smallest absolute Gasteiger partial charge is 0.306 e. The Morgan fingerprint density at radius 2 is 1.15 bits per heavy atom.